The third-order valence-corrected chi connectivity index (χ3v) is 3.34. The number of carbonyl (C=O) groups excluding carboxylic acids is 2. The Morgan fingerprint density at radius 2 is 2.29 bits per heavy atom. The number of allylic oxidation sites excluding steroid dienone is 2. The van der Waals surface area contributed by atoms with Gasteiger partial charge >= 0.3 is 0 Å². The van der Waals surface area contributed by atoms with Crippen molar-refractivity contribution in [2.45, 2.75) is 26.2 Å². The third-order valence-electron chi connectivity index (χ3n) is 3.15. The van der Waals surface area contributed by atoms with E-state index >= 15 is 0 Å². The fraction of sp³-hybridized carbons (Fsp3) is 0.500. The smallest absolute Gasteiger partial charge is 0.257 e. The minimum atomic E-state index is -0.0176. The number of hydrogen-bond donors (Lipinski definition) is 1. The Kier molecular flexibility index (Phi) is 3.52. The van der Waals surface area contributed by atoms with Gasteiger partial charge in [0.2, 0.25) is 0 Å². The molecule has 0 saturated carbocycles. The summed E-state index contributed by atoms with van der Waals surface area (Å²) in [6, 6.07) is 0. The molecule has 1 amide bonds. The number of alkyl halides is 1. The van der Waals surface area contributed by atoms with Gasteiger partial charge in [-0.2, -0.15) is 0 Å². The second-order valence-electron chi connectivity index (χ2n) is 4.22. The van der Waals surface area contributed by atoms with Crippen molar-refractivity contribution in [3.05, 3.63) is 22.7 Å². The molecule has 2 rings (SSSR count). The molecule has 0 saturated heterocycles. The highest BCUT2D eigenvalue weighted by Gasteiger charge is 2.32. The van der Waals surface area contributed by atoms with E-state index in [4.69, 9.17) is 11.6 Å². The Morgan fingerprint density at radius 1 is 1.53 bits per heavy atom. The van der Waals surface area contributed by atoms with E-state index in [2.05, 4.69) is 5.32 Å². The Balaban J connectivity index is 2.41. The Hall–Kier alpha value is -1.29. The first-order valence-corrected chi connectivity index (χ1v) is 6.25. The summed E-state index contributed by atoms with van der Waals surface area (Å²) in [5.74, 6) is 1.07. The predicted octanol–water partition coefficient (Wildman–Crippen LogP) is 1.53. The number of halogens is 1. The van der Waals surface area contributed by atoms with Gasteiger partial charge in [0.05, 0.1) is 0 Å². The van der Waals surface area contributed by atoms with Crippen molar-refractivity contribution in [2.75, 3.05) is 12.4 Å². The molecule has 92 valence electrons. The van der Waals surface area contributed by atoms with E-state index in [1.807, 2.05) is 6.92 Å². The first-order chi connectivity index (χ1) is 8.19. The first-order valence-electron chi connectivity index (χ1n) is 5.72. The van der Waals surface area contributed by atoms with Crippen molar-refractivity contribution in [1.82, 2.24) is 10.2 Å². The van der Waals surface area contributed by atoms with Crippen LogP contribution >= 0.6 is 11.6 Å². The molecule has 0 aliphatic carbocycles. The van der Waals surface area contributed by atoms with Crippen LogP contribution in [0, 0.1) is 0 Å². The number of nitrogens with zero attached hydrogens (tertiary/aromatic N) is 1. The van der Waals surface area contributed by atoms with Crippen LogP contribution in [-0.4, -0.2) is 29.5 Å². The van der Waals surface area contributed by atoms with Crippen molar-refractivity contribution in [3.63, 3.8) is 0 Å². The van der Waals surface area contributed by atoms with Crippen LogP contribution in [0.2, 0.25) is 0 Å². The van der Waals surface area contributed by atoms with Crippen LogP contribution in [0.4, 0.5) is 0 Å². The zero-order valence-corrected chi connectivity index (χ0v) is 10.5. The van der Waals surface area contributed by atoms with Crippen molar-refractivity contribution in [3.8, 4) is 0 Å². The lowest BCUT2D eigenvalue weighted by molar-refractivity contribution is -0.126. The Bertz CT molecular complexity index is 426. The number of carbonyl (C=O) groups is 2. The molecule has 5 heteroatoms. The highest BCUT2D eigenvalue weighted by Crippen LogP contribution is 2.27. The molecule has 0 fully saturated rings. The number of aldehydes is 1. The number of fused-ring (bicyclic) bond motifs is 1. The Labute approximate surface area is 105 Å². The molecule has 2 aliphatic rings. The minimum Gasteiger partial charge on any atom is -0.345 e. The van der Waals surface area contributed by atoms with Gasteiger partial charge in [-0.3, -0.25) is 14.5 Å². The molecule has 0 unspecified atom stereocenters. The summed E-state index contributed by atoms with van der Waals surface area (Å²) in [7, 11) is 0. The van der Waals surface area contributed by atoms with Gasteiger partial charge in [0.25, 0.3) is 5.91 Å². The second-order valence-corrected chi connectivity index (χ2v) is 4.60. The van der Waals surface area contributed by atoms with Gasteiger partial charge in [0.15, 0.2) is 0 Å². The Morgan fingerprint density at radius 3 is 2.94 bits per heavy atom. The molecule has 0 spiro atoms. The lowest BCUT2D eigenvalue weighted by Crippen LogP contribution is -2.45. The number of rotatable bonds is 3. The molecule has 17 heavy (non-hydrogen) atoms. The van der Waals surface area contributed by atoms with Crippen LogP contribution in [0.3, 0.4) is 0 Å². The van der Waals surface area contributed by atoms with E-state index in [-0.39, 0.29) is 5.91 Å². The molecule has 0 atom stereocenters. The quantitative estimate of drug-likeness (QED) is 0.614. The van der Waals surface area contributed by atoms with Crippen LogP contribution in [0.15, 0.2) is 22.7 Å². The number of amides is 1. The van der Waals surface area contributed by atoms with Crippen molar-refractivity contribution < 1.29 is 9.59 Å². The van der Waals surface area contributed by atoms with Gasteiger partial charge in [0, 0.05) is 29.3 Å². The second kappa shape index (κ2) is 4.92. The molecular weight excluding hydrogens is 240 g/mol. The van der Waals surface area contributed by atoms with Crippen molar-refractivity contribution in [1.29, 1.82) is 0 Å². The summed E-state index contributed by atoms with van der Waals surface area (Å²) < 4.78 is 0. The van der Waals surface area contributed by atoms with Gasteiger partial charge in [-0.15, -0.1) is 11.6 Å². The zero-order valence-electron chi connectivity index (χ0n) is 9.75. The van der Waals surface area contributed by atoms with Crippen LogP contribution < -0.4 is 5.32 Å². The number of hydrogen-bond acceptors (Lipinski definition) is 3. The van der Waals surface area contributed by atoms with Crippen LogP contribution in [0.1, 0.15) is 26.2 Å². The molecule has 0 radical (unpaired) electrons. The summed E-state index contributed by atoms with van der Waals surface area (Å²) in [5.41, 5.74) is 2.20. The maximum atomic E-state index is 12.2. The third kappa shape index (κ3) is 2.09. The summed E-state index contributed by atoms with van der Waals surface area (Å²) >= 11 is 5.70. The predicted molar refractivity (Wildman–Crippen MR) is 65.2 cm³/mol. The van der Waals surface area contributed by atoms with E-state index in [9.17, 15) is 9.59 Å². The largest absolute Gasteiger partial charge is 0.345 e. The average molecular weight is 255 g/mol. The van der Waals surface area contributed by atoms with Crippen LogP contribution in [0.5, 0.6) is 0 Å². The molecule has 2 aliphatic heterocycles. The van der Waals surface area contributed by atoms with Gasteiger partial charge in [0.1, 0.15) is 12.1 Å². The summed E-state index contributed by atoms with van der Waals surface area (Å²) in [5, 5.41) is 3.16. The summed E-state index contributed by atoms with van der Waals surface area (Å²) in [6.07, 6.45) is 2.95. The lowest BCUT2D eigenvalue weighted by Gasteiger charge is -2.36. The zero-order chi connectivity index (χ0) is 12.4. The van der Waals surface area contributed by atoms with E-state index in [1.54, 1.807) is 4.90 Å². The molecule has 0 aromatic heterocycles. The van der Waals surface area contributed by atoms with Crippen LogP contribution in [-0.2, 0) is 9.59 Å². The average Bonchev–Trinajstić information content (AvgIpc) is 2.34. The standard InChI is InChI=1S/C12H15ClN2O2/c1-8-10(4-5-13)12(17)15-6-2-3-9(7-16)11(15)14-8/h7,14H,2-6H2,1H3. The topological polar surface area (TPSA) is 49.4 Å². The molecule has 0 aromatic carbocycles. The monoisotopic (exact) mass is 254 g/mol. The van der Waals surface area contributed by atoms with E-state index in [1.165, 1.54) is 0 Å². The highest BCUT2D eigenvalue weighted by atomic mass is 35.5. The van der Waals surface area contributed by atoms with Crippen LogP contribution in [0.25, 0.3) is 0 Å². The molecule has 2 heterocycles. The summed E-state index contributed by atoms with van der Waals surface area (Å²) in [6.45, 7) is 2.51. The normalized spacial score (nSPS) is 20.4. The fourth-order valence-corrected chi connectivity index (χ4v) is 2.45. The number of nitrogens with one attached hydrogen (secondary N) is 1. The SMILES string of the molecule is CC1=C(CCCl)C(=O)N2CCCC(C=O)=C2N1. The maximum Gasteiger partial charge on any atom is 0.257 e. The van der Waals surface area contributed by atoms with Crippen molar-refractivity contribution in [2.24, 2.45) is 0 Å². The minimum absolute atomic E-state index is 0.0176. The van der Waals surface area contributed by atoms with E-state index in [0.29, 0.717) is 30.2 Å². The molecule has 0 bridgehead atoms. The lowest BCUT2D eigenvalue weighted by atomic mass is 10.0. The molecule has 0 aromatic rings. The van der Waals surface area contributed by atoms with E-state index < -0.39 is 0 Å². The highest BCUT2D eigenvalue weighted by molar-refractivity contribution is 6.18. The molecular formula is C12H15ClN2O2. The van der Waals surface area contributed by atoms with Crippen molar-refractivity contribution >= 4 is 23.8 Å². The van der Waals surface area contributed by atoms with Gasteiger partial charge in [-0.25, -0.2) is 0 Å². The van der Waals surface area contributed by atoms with Gasteiger partial charge in [-0.05, 0) is 26.2 Å². The molecule has 4 nitrogen and oxygen atoms in total. The first kappa shape index (κ1) is 12.2. The van der Waals surface area contributed by atoms with E-state index in [0.717, 1.165) is 30.4 Å². The van der Waals surface area contributed by atoms with Gasteiger partial charge < -0.3 is 5.32 Å². The maximum absolute atomic E-state index is 12.2. The summed E-state index contributed by atoms with van der Waals surface area (Å²) in [4.78, 5) is 24.9. The fourth-order valence-electron chi connectivity index (χ4n) is 2.26. The molecule has 1 N–H and O–H groups in total. The van der Waals surface area contributed by atoms with Gasteiger partial charge in [-0.1, -0.05) is 0 Å².